The summed E-state index contributed by atoms with van der Waals surface area (Å²) in [5.41, 5.74) is 3.85. The molecule has 0 saturated carbocycles. The summed E-state index contributed by atoms with van der Waals surface area (Å²) in [4.78, 5) is 11.6. The van der Waals surface area contributed by atoms with Gasteiger partial charge in [0.05, 0.1) is 42.7 Å². The van der Waals surface area contributed by atoms with Crippen LogP contribution in [0.15, 0.2) is 90.0 Å². The van der Waals surface area contributed by atoms with Crippen molar-refractivity contribution < 1.29 is 22.6 Å². The largest absolute Gasteiger partial charge is 0.487 e. The maximum absolute atomic E-state index is 14.2. The second kappa shape index (κ2) is 12.3. The van der Waals surface area contributed by atoms with Crippen LogP contribution in [-0.2, 0) is 19.5 Å². The molecular formula is C34H31N5O5S. The van der Waals surface area contributed by atoms with E-state index < -0.39 is 10.0 Å². The molecule has 5 heterocycles. The average molecular weight is 622 g/mol. The minimum atomic E-state index is -4.04. The van der Waals surface area contributed by atoms with Crippen molar-refractivity contribution in [1.82, 2.24) is 13.9 Å². The fourth-order valence-corrected chi connectivity index (χ4v) is 7.35. The second-order valence-corrected chi connectivity index (χ2v) is 12.7. The summed E-state index contributed by atoms with van der Waals surface area (Å²) < 4.78 is 46.8. The third kappa shape index (κ3) is 5.64. The predicted molar refractivity (Wildman–Crippen MR) is 170 cm³/mol. The molecule has 2 aliphatic heterocycles. The van der Waals surface area contributed by atoms with Crippen LogP contribution in [0, 0.1) is 11.3 Å². The molecular weight excluding hydrogens is 590 g/mol. The van der Waals surface area contributed by atoms with E-state index in [0.717, 1.165) is 37.2 Å². The molecule has 3 aromatic heterocycles. The Bertz CT molecular complexity index is 1980. The van der Waals surface area contributed by atoms with Gasteiger partial charge in [-0.2, -0.15) is 5.26 Å². The predicted octanol–water partition coefficient (Wildman–Crippen LogP) is 5.27. The van der Waals surface area contributed by atoms with E-state index >= 15 is 0 Å². The van der Waals surface area contributed by atoms with Crippen molar-refractivity contribution in [3.8, 4) is 34.3 Å². The van der Waals surface area contributed by atoms with Gasteiger partial charge in [0, 0.05) is 48.8 Å². The summed E-state index contributed by atoms with van der Waals surface area (Å²) in [7, 11) is -4.04. The lowest BCUT2D eigenvalue weighted by Crippen LogP contribution is -2.36. The third-order valence-corrected chi connectivity index (χ3v) is 9.90. The van der Waals surface area contributed by atoms with Gasteiger partial charge in [-0.25, -0.2) is 22.4 Å². The highest BCUT2D eigenvalue weighted by atomic mass is 32.2. The zero-order chi connectivity index (χ0) is 30.8. The topological polar surface area (TPSA) is 120 Å². The number of benzene rings is 2. The van der Waals surface area contributed by atoms with Crippen LogP contribution in [0.25, 0.3) is 33.5 Å². The first-order chi connectivity index (χ1) is 22.0. The monoisotopic (exact) mass is 621 g/mol. The van der Waals surface area contributed by atoms with Gasteiger partial charge in [-0.1, -0.05) is 30.3 Å². The molecule has 5 aromatic rings. The molecule has 0 unspecified atom stereocenters. The Morgan fingerprint density at radius 3 is 2.36 bits per heavy atom. The molecule has 0 spiro atoms. The number of pyridine rings is 2. The smallest absolute Gasteiger partial charge is 0.269 e. The Labute approximate surface area is 261 Å². The molecule has 0 atom stereocenters. The fourth-order valence-electron chi connectivity index (χ4n) is 5.85. The van der Waals surface area contributed by atoms with Gasteiger partial charge in [-0.05, 0) is 54.1 Å². The molecule has 2 fully saturated rings. The van der Waals surface area contributed by atoms with Crippen molar-refractivity contribution in [3.63, 3.8) is 0 Å². The SMILES string of the molecule is N#Cc1nc(-c2ccnc3c2cc(-c2ccc(N4CCOCC4)cc2)n3S(=O)(=O)c2ccccc2)ccc1OC1CCOCC1. The van der Waals surface area contributed by atoms with Crippen LogP contribution < -0.4 is 9.64 Å². The van der Waals surface area contributed by atoms with E-state index in [1.54, 1.807) is 54.7 Å². The highest BCUT2D eigenvalue weighted by Crippen LogP contribution is 2.37. The number of hydrogen-bond acceptors (Lipinski definition) is 9. The number of hydrogen-bond donors (Lipinski definition) is 0. The summed E-state index contributed by atoms with van der Waals surface area (Å²) in [5.74, 6) is 0.420. The summed E-state index contributed by atoms with van der Waals surface area (Å²) in [6, 6.07) is 25.6. The van der Waals surface area contributed by atoms with Crippen LogP contribution in [0.3, 0.4) is 0 Å². The van der Waals surface area contributed by atoms with Crippen LogP contribution in [0.4, 0.5) is 5.69 Å². The van der Waals surface area contributed by atoms with E-state index in [0.29, 0.717) is 54.5 Å². The van der Waals surface area contributed by atoms with E-state index in [-0.39, 0.29) is 22.3 Å². The molecule has 0 bridgehead atoms. The van der Waals surface area contributed by atoms with Crippen molar-refractivity contribution in [2.24, 2.45) is 0 Å². The lowest BCUT2D eigenvalue weighted by atomic mass is 10.1. The second-order valence-electron chi connectivity index (χ2n) is 10.9. The van der Waals surface area contributed by atoms with Gasteiger partial charge in [-0.15, -0.1) is 0 Å². The van der Waals surface area contributed by atoms with Gasteiger partial charge < -0.3 is 19.1 Å². The third-order valence-electron chi connectivity index (χ3n) is 8.18. The van der Waals surface area contributed by atoms with Gasteiger partial charge in [-0.3, -0.25) is 0 Å². The number of ether oxygens (including phenoxy) is 3. The molecule has 11 heteroatoms. The van der Waals surface area contributed by atoms with Gasteiger partial charge in [0.25, 0.3) is 10.0 Å². The van der Waals surface area contributed by atoms with Crippen molar-refractivity contribution in [1.29, 1.82) is 5.26 Å². The Kier molecular flexibility index (Phi) is 7.94. The van der Waals surface area contributed by atoms with Crippen LogP contribution in [0.1, 0.15) is 18.5 Å². The lowest BCUT2D eigenvalue weighted by molar-refractivity contribution is 0.0253. The van der Waals surface area contributed by atoms with Crippen molar-refractivity contribution in [2.75, 3.05) is 44.4 Å². The molecule has 2 aromatic carbocycles. The van der Waals surface area contributed by atoms with Crippen LogP contribution in [0.2, 0.25) is 0 Å². The molecule has 0 aliphatic carbocycles. The molecule has 0 N–H and O–H groups in total. The summed E-state index contributed by atoms with van der Waals surface area (Å²) in [6.07, 6.45) is 3.02. The number of anilines is 1. The Morgan fingerprint density at radius 2 is 1.62 bits per heavy atom. The maximum atomic E-state index is 14.2. The minimum absolute atomic E-state index is 0.0412. The van der Waals surface area contributed by atoms with Crippen molar-refractivity contribution in [3.05, 3.63) is 90.8 Å². The molecule has 0 radical (unpaired) electrons. The van der Waals surface area contributed by atoms with Crippen LogP contribution in [-0.4, -0.2) is 68.0 Å². The normalized spacial score (nSPS) is 16.0. The molecule has 228 valence electrons. The number of morpholine rings is 1. The molecule has 0 amide bonds. The average Bonchev–Trinajstić information content (AvgIpc) is 3.51. The number of nitriles is 1. The van der Waals surface area contributed by atoms with Gasteiger partial charge in [0.15, 0.2) is 17.1 Å². The maximum Gasteiger partial charge on any atom is 0.269 e. The first-order valence-electron chi connectivity index (χ1n) is 14.9. The Morgan fingerprint density at radius 1 is 0.889 bits per heavy atom. The molecule has 45 heavy (non-hydrogen) atoms. The van der Waals surface area contributed by atoms with Crippen LogP contribution >= 0.6 is 0 Å². The standard InChI is InChI=1S/C34H31N5O5S/c35-23-31-33(44-26-13-18-42-19-14-26)11-10-30(37-31)28-12-15-36-34-29(28)22-32(39(34)45(40,41)27-4-2-1-3-5-27)24-6-8-25(9-7-24)38-16-20-43-21-17-38/h1-12,15,22,26H,13-14,16-21H2. The van der Waals surface area contributed by atoms with E-state index in [1.165, 1.54) is 3.97 Å². The zero-order valence-electron chi connectivity index (χ0n) is 24.5. The number of nitrogens with zero attached hydrogens (tertiary/aromatic N) is 5. The van der Waals surface area contributed by atoms with Gasteiger partial charge in [0.1, 0.15) is 12.2 Å². The molecule has 10 nitrogen and oxygen atoms in total. The van der Waals surface area contributed by atoms with E-state index in [2.05, 4.69) is 20.9 Å². The van der Waals surface area contributed by atoms with E-state index in [4.69, 9.17) is 14.2 Å². The number of fused-ring (bicyclic) bond motifs is 1. The van der Waals surface area contributed by atoms with Crippen LogP contribution in [0.5, 0.6) is 5.75 Å². The minimum Gasteiger partial charge on any atom is -0.487 e. The number of rotatable bonds is 7. The Balaban J connectivity index is 1.35. The fraction of sp³-hybridized carbons (Fsp3) is 0.265. The first-order valence-corrected chi connectivity index (χ1v) is 16.4. The zero-order valence-corrected chi connectivity index (χ0v) is 25.3. The van der Waals surface area contributed by atoms with Gasteiger partial charge in [0.2, 0.25) is 0 Å². The Hall–Kier alpha value is -4.76. The molecule has 2 aliphatic rings. The molecule has 7 rings (SSSR count). The van der Waals surface area contributed by atoms with Gasteiger partial charge >= 0.3 is 0 Å². The highest BCUT2D eigenvalue weighted by Gasteiger charge is 2.27. The highest BCUT2D eigenvalue weighted by molar-refractivity contribution is 7.90. The summed E-state index contributed by atoms with van der Waals surface area (Å²) in [5, 5.41) is 10.6. The van der Waals surface area contributed by atoms with E-state index in [9.17, 15) is 13.7 Å². The molecule has 2 saturated heterocycles. The quantitative estimate of drug-likeness (QED) is 0.239. The van der Waals surface area contributed by atoms with Crippen molar-refractivity contribution in [2.45, 2.75) is 23.8 Å². The number of aromatic nitrogens is 3. The lowest BCUT2D eigenvalue weighted by Gasteiger charge is -2.28. The first kappa shape index (κ1) is 29.0. The van der Waals surface area contributed by atoms with Crippen molar-refractivity contribution >= 4 is 26.7 Å². The summed E-state index contributed by atoms with van der Waals surface area (Å²) >= 11 is 0. The summed E-state index contributed by atoms with van der Waals surface area (Å²) in [6.45, 7) is 4.17. The van der Waals surface area contributed by atoms with E-state index in [1.807, 2.05) is 30.3 Å².